The van der Waals surface area contributed by atoms with Gasteiger partial charge in [0.05, 0.1) is 0 Å². The molecule has 2 amide bonds. The molecule has 1 aromatic heterocycles. The Morgan fingerprint density at radius 2 is 2.00 bits per heavy atom. The van der Waals surface area contributed by atoms with Gasteiger partial charge in [0.2, 0.25) is 0 Å². The van der Waals surface area contributed by atoms with Crippen LogP contribution in [0.4, 0.5) is 10.6 Å². The number of aromatic nitrogens is 2. The Morgan fingerprint density at radius 3 is 2.55 bits per heavy atom. The lowest BCUT2D eigenvalue weighted by atomic mass is 9.97. The summed E-state index contributed by atoms with van der Waals surface area (Å²) in [5.41, 5.74) is 0.108. The molecule has 2 heterocycles. The maximum atomic E-state index is 12.1. The Bertz CT molecular complexity index is 435. The molecule has 6 heteroatoms. The molecule has 0 aliphatic carbocycles. The zero-order valence-electron chi connectivity index (χ0n) is 12.5. The highest BCUT2D eigenvalue weighted by atomic mass is 16.2. The summed E-state index contributed by atoms with van der Waals surface area (Å²) in [6.45, 7) is 10.0. The number of nitrogens with zero attached hydrogens (tertiary/aromatic N) is 4. The second kappa shape index (κ2) is 6.07. The van der Waals surface area contributed by atoms with E-state index in [1.54, 1.807) is 6.20 Å². The number of nitrogens with one attached hydrogen (secondary N) is 1. The molecule has 0 spiro atoms. The topological polar surface area (TPSA) is 61.4 Å². The van der Waals surface area contributed by atoms with Crippen LogP contribution in [-0.2, 0) is 0 Å². The van der Waals surface area contributed by atoms with E-state index in [2.05, 4.69) is 41.2 Å². The first kappa shape index (κ1) is 14.6. The normalized spacial score (nSPS) is 16.1. The molecule has 2 rings (SSSR count). The Hall–Kier alpha value is -1.85. The third-order valence-corrected chi connectivity index (χ3v) is 3.22. The van der Waals surface area contributed by atoms with Crippen molar-refractivity contribution in [1.82, 2.24) is 20.4 Å². The van der Waals surface area contributed by atoms with E-state index in [1.807, 2.05) is 17.0 Å². The van der Waals surface area contributed by atoms with E-state index in [0.29, 0.717) is 19.6 Å². The van der Waals surface area contributed by atoms with Gasteiger partial charge in [-0.2, -0.15) is 5.10 Å². The Balaban J connectivity index is 1.81. The third-order valence-electron chi connectivity index (χ3n) is 3.22. The molecule has 0 unspecified atom stereocenters. The van der Waals surface area contributed by atoms with E-state index >= 15 is 0 Å². The van der Waals surface area contributed by atoms with Gasteiger partial charge in [-0.25, -0.2) is 4.79 Å². The highest BCUT2D eigenvalue weighted by molar-refractivity contribution is 5.74. The molecule has 0 radical (unpaired) electrons. The van der Waals surface area contributed by atoms with Crippen molar-refractivity contribution in [3.63, 3.8) is 0 Å². The molecule has 1 aromatic rings. The summed E-state index contributed by atoms with van der Waals surface area (Å²) in [6.07, 6.45) is 1.67. The van der Waals surface area contributed by atoms with Crippen LogP contribution < -0.4 is 10.2 Å². The van der Waals surface area contributed by atoms with Gasteiger partial charge < -0.3 is 15.1 Å². The molecule has 0 saturated carbocycles. The number of carbonyl (C=O) groups is 1. The summed E-state index contributed by atoms with van der Waals surface area (Å²) in [7, 11) is 0. The van der Waals surface area contributed by atoms with Crippen LogP contribution in [0.1, 0.15) is 20.8 Å². The second-order valence-corrected chi connectivity index (χ2v) is 6.28. The van der Waals surface area contributed by atoms with Gasteiger partial charge >= 0.3 is 6.03 Å². The quantitative estimate of drug-likeness (QED) is 0.886. The minimum absolute atomic E-state index is 0.0266. The summed E-state index contributed by atoms with van der Waals surface area (Å²) in [5.74, 6) is 0.877. The van der Waals surface area contributed by atoms with E-state index in [4.69, 9.17) is 0 Å². The molecule has 20 heavy (non-hydrogen) atoms. The Morgan fingerprint density at radius 1 is 1.30 bits per heavy atom. The van der Waals surface area contributed by atoms with Gasteiger partial charge in [-0.1, -0.05) is 20.8 Å². The molecular formula is C14H23N5O. The third kappa shape index (κ3) is 4.08. The zero-order valence-corrected chi connectivity index (χ0v) is 12.5. The summed E-state index contributed by atoms with van der Waals surface area (Å²) < 4.78 is 0. The van der Waals surface area contributed by atoms with E-state index in [0.717, 1.165) is 18.9 Å². The largest absolute Gasteiger partial charge is 0.352 e. The Labute approximate surface area is 120 Å². The number of carbonyl (C=O) groups excluding carboxylic acids is 1. The SMILES string of the molecule is CC(C)(C)CNC(=O)N1CCN(c2cccnn2)CC1. The highest BCUT2D eigenvalue weighted by Crippen LogP contribution is 2.13. The van der Waals surface area contributed by atoms with Crippen LogP contribution in [0.3, 0.4) is 0 Å². The summed E-state index contributed by atoms with van der Waals surface area (Å²) >= 11 is 0. The summed E-state index contributed by atoms with van der Waals surface area (Å²) in [4.78, 5) is 16.1. The monoisotopic (exact) mass is 277 g/mol. The fourth-order valence-electron chi connectivity index (χ4n) is 2.05. The van der Waals surface area contributed by atoms with Crippen molar-refractivity contribution in [3.8, 4) is 0 Å². The van der Waals surface area contributed by atoms with Crippen LogP contribution in [0.5, 0.6) is 0 Å². The van der Waals surface area contributed by atoms with Crippen molar-refractivity contribution in [2.75, 3.05) is 37.6 Å². The standard InChI is InChI=1S/C14H23N5O/c1-14(2,3)11-15-13(20)19-9-7-18(8-10-19)12-5-4-6-16-17-12/h4-6H,7-11H2,1-3H3,(H,15,20). The predicted molar refractivity (Wildman–Crippen MR) is 78.7 cm³/mol. The molecule has 110 valence electrons. The van der Waals surface area contributed by atoms with Crippen LogP contribution in [0, 0.1) is 5.41 Å². The van der Waals surface area contributed by atoms with Gasteiger partial charge in [0, 0.05) is 38.9 Å². The minimum Gasteiger partial charge on any atom is -0.352 e. The van der Waals surface area contributed by atoms with Crippen LogP contribution in [0.25, 0.3) is 0 Å². The lowest BCUT2D eigenvalue weighted by Crippen LogP contribution is -2.52. The molecule has 6 nitrogen and oxygen atoms in total. The van der Waals surface area contributed by atoms with Crippen molar-refractivity contribution >= 4 is 11.8 Å². The highest BCUT2D eigenvalue weighted by Gasteiger charge is 2.22. The van der Waals surface area contributed by atoms with Crippen LogP contribution in [0.2, 0.25) is 0 Å². The fraction of sp³-hybridized carbons (Fsp3) is 0.643. The molecule has 1 aliphatic heterocycles. The molecule has 1 saturated heterocycles. The van der Waals surface area contributed by atoms with Gasteiger partial charge in [-0.15, -0.1) is 5.10 Å². The summed E-state index contributed by atoms with van der Waals surface area (Å²) in [6, 6.07) is 3.85. The van der Waals surface area contributed by atoms with E-state index < -0.39 is 0 Å². The number of piperazine rings is 1. The van der Waals surface area contributed by atoms with Gasteiger partial charge in [0.15, 0.2) is 5.82 Å². The predicted octanol–water partition coefficient (Wildman–Crippen LogP) is 1.35. The second-order valence-electron chi connectivity index (χ2n) is 6.28. The first-order chi connectivity index (χ1) is 9.46. The average molecular weight is 277 g/mol. The van der Waals surface area contributed by atoms with E-state index in [-0.39, 0.29) is 11.4 Å². The maximum absolute atomic E-state index is 12.1. The molecule has 0 atom stereocenters. The molecule has 1 fully saturated rings. The number of hydrogen-bond acceptors (Lipinski definition) is 4. The van der Waals surface area contributed by atoms with Gasteiger partial charge in [-0.3, -0.25) is 0 Å². The fourth-order valence-corrected chi connectivity index (χ4v) is 2.05. The van der Waals surface area contributed by atoms with Gasteiger partial charge in [-0.05, 0) is 17.5 Å². The minimum atomic E-state index is 0.0266. The molecule has 1 aliphatic rings. The average Bonchev–Trinajstić information content (AvgIpc) is 2.45. The van der Waals surface area contributed by atoms with Crippen LogP contribution in [-0.4, -0.2) is 53.9 Å². The number of amides is 2. The van der Waals surface area contributed by atoms with Crippen molar-refractivity contribution in [1.29, 1.82) is 0 Å². The number of urea groups is 1. The molecule has 0 bridgehead atoms. The maximum Gasteiger partial charge on any atom is 0.317 e. The molecule has 1 N–H and O–H groups in total. The Kier molecular flexibility index (Phi) is 4.42. The smallest absolute Gasteiger partial charge is 0.317 e. The number of rotatable bonds is 2. The van der Waals surface area contributed by atoms with Crippen molar-refractivity contribution in [2.45, 2.75) is 20.8 Å². The zero-order chi connectivity index (χ0) is 14.6. The molecular weight excluding hydrogens is 254 g/mol. The van der Waals surface area contributed by atoms with Crippen molar-refractivity contribution in [2.24, 2.45) is 5.41 Å². The van der Waals surface area contributed by atoms with Gasteiger partial charge in [0.1, 0.15) is 0 Å². The lowest BCUT2D eigenvalue weighted by Gasteiger charge is -2.35. The van der Waals surface area contributed by atoms with Gasteiger partial charge in [0.25, 0.3) is 0 Å². The van der Waals surface area contributed by atoms with E-state index in [9.17, 15) is 4.79 Å². The van der Waals surface area contributed by atoms with E-state index in [1.165, 1.54) is 0 Å². The lowest BCUT2D eigenvalue weighted by molar-refractivity contribution is 0.189. The summed E-state index contributed by atoms with van der Waals surface area (Å²) in [5, 5.41) is 11.0. The molecule has 0 aromatic carbocycles. The van der Waals surface area contributed by atoms with Crippen molar-refractivity contribution in [3.05, 3.63) is 18.3 Å². The first-order valence-electron chi connectivity index (χ1n) is 7.01. The van der Waals surface area contributed by atoms with Crippen molar-refractivity contribution < 1.29 is 4.79 Å². The number of anilines is 1. The first-order valence-corrected chi connectivity index (χ1v) is 7.01. The van der Waals surface area contributed by atoms with Crippen LogP contribution >= 0.6 is 0 Å². The number of hydrogen-bond donors (Lipinski definition) is 1. The van der Waals surface area contributed by atoms with Crippen LogP contribution in [0.15, 0.2) is 18.3 Å².